The molecule has 3 heterocycles. The van der Waals surface area contributed by atoms with E-state index in [1.807, 2.05) is 44.7 Å². The van der Waals surface area contributed by atoms with Crippen LogP contribution in [0.2, 0.25) is 5.02 Å². The van der Waals surface area contributed by atoms with Crippen molar-refractivity contribution in [3.05, 3.63) is 46.2 Å². The quantitative estimate of drug-likeness (QED) is 0.498. The average Bonchev–Trinajstić information content (AvgIpc) is 3.22. The summed E-state index contributed by atoms with van der Waals surface area (Å²) in [6.07, 6.45) is 3.09. The van der Waals surface area contributed by atoms with Gasteiger partial charge in [0, 0.05) is 49.0 Å². The van der Waals surface area contributed by atoms with Gasteiger partial charge in [-0.25, -0.2) is 4.98 Å². The first-order valence-electron chi connectivity index (χ1n) is 11.7. The smallest absolute Gasteiger partial charge is 0.257 e. The first kappa shape index (κ1) is 24.4. The van der Waals surface area contributed by atoms with Gasteiger partial charge in [-0.05, 0) is 69.8 Å². The molecule has 0 bridgehead atoms. The van der Waals surface area contributed by atoms with Gasteiger partial charge in [0.15, 0.2) is 0 Å². The summed E-state index contributed by atoms with van der Waals surface area (Å²) in [4.78, 5) is 35.7. The Morgan fingerprint density at radius 2 is 1.91 bits per heavy atom. The minimum absolute atomic E-state index is 0.00673. The summed E-state index contributed by atoms with van der Waals surface area (Å²) in [5.41, 5.74) is 4.08. The van der Waals surface area contributed by atoms with Crippen molar-refractivity contribution in [2.45, 2.75) is 40.5 Å². The molecule has 0 saturated carbocycles. The molecule has 4 rings (SSSR count). The molecule has 1 aliphatic heterocycles. The number of pyridine rings is 1. The first-order chi connectivity index (χ1) is 16.3. The molecule has 0 radical (unpaired) electrons. The van der Waals surface area contributed by atoms with Crippen LogP contribution in [0.25, 0.3) is 10.2 Å². The number of anilines is 2. The topological polar surface area (TPSA) is 78.4 Å². The Morgan fingerprint density at radius 1 is 1.21 bits per heavy atom. The zero-order chi connectivity index (χ0) is 24.4. The predicted molar refractivity (Wildman–Crippen MR) is 139 cm³/mol. The lowest BCUT2D eigenvalue weighted by molar-refractivity contribution is -0.120. The third-order valence-electron chi connectivity index (χ3n) is 6.55. The Kier molecular flexibility index (Phi) is 7.38. The highest BCUT2D eigenvalue weighted by Gasteiger charge is 2.30. The highest BCUT2D eigenvalue weighted by molar-refractivity contribution is 7.13. The van der Waals surface area contributed by atoms with Gasteiger partial charge in [0.1, 0.15) is 4.83 Å². The SMILES string of the molecule is CCN(CC)C(=O)c1cnc2snc(C)c2c1N1CCC(C(=O)Nc2ccc(C)c(Cl)c2)CC1. The zero-order valence-electron chi connectivity index (χ0n) is 20.0. The van der Waals surface area contributed by atoms with Crippen molar-refractivity contribution in [2.75, 3.05) is 36.4 Å². The highest BCUT2D eigenvalue weighted by atomic mass is 35.5. The molecular formula is C25H30ClN5O2S. The van der Waals surface area contributed by atoms with E-state index in [-0.39, 0.29) is 17.7 Å². The number of aryl methyl sites for hydroxylation is 2. The number of benzene rings is 1. The fraction of sp³-hybridized carbons (Fsp3) is 0.440. The lowest BCUT2D eigenvalue weighted by Gasteiger charge is -2.35. The van der Waals surface area contributed by atoms with Gasteiger partial charge in [-0.2, -0.15) is 4.37 Å². The molecule has 34 heavy (non-hydrogen) atoms. The van der Waals surface area contributed by atoms with Crippen LogP contribution in [-0.4, -0.2) is 52.3 Å². The van der Waals surface area contributed by atoms with Crippen LogP contribution >= 0.6 is 23.1 Å². The van der Waals surface area contributed by atoms with Gasteiger partial charge in [0.05, 0.1) is 22.3 Å². The van der Waals surface area contributed by atoms with Gasteiger partial charge < -0.3 is 15.1 Å². The molecule has 2 aromatic heterocycles. The van der Waals surface area contributed by atoms with Crippen molar-refractivity contribution in [3.8, 4) is 0 Å². The molecule has 0 spiro atoms. The number of aromatic nitrogens is 2. The maximum absolute atomic E-state index is 13.3. The number of piperidine rings is 1. The summed E-state index contributed by atoms with van der Waals surface area (Å²) in [6, 6.07) is 5.56. The molecule has 2 amide bonds. The Balaban J connectivity index is 1.56. The van der Waals surface area contributed by atoms with Crippen LogP contribution in [0.3, 0.4) is 0 Å². The lowest BCUT2D eigenvalue weighted by Crippen LogP contribution is -2.40. The van der Waals surface area contributed by atoms with Crippen LogP contribution in [0.4, 0.5) is 11.4 Å². The molecule has 1 saturated heterocycles. The summed E-state index contributed by atoms with van der Waals surface area (Å²) < 4.78 is 4.49. The molecule has 1 aliphatic rings. The number of amides is 2. The molecule has 7 nitrogen and oxygen atoms in total. The maximum Gasteiger partial charge on any atom is 0.257 e. The van der Waals surface area contributed by atoms with Crippen molar-refractivity contribution in [3.63, 3.8) is 0 Å². The van der Waals surface area contributed by atoms with E-state index in [0.717, 1.165) is 27.2 Å². The molecule has 0 atom stereocenters. The van der Waals surface area contributed by atoms with E-state index in [4.69, 9.17) is 11.6 Å². The molecule has 9 heteroatoms. The van der Waals surface area contributed by atoms with Crippen LogP contribution in [0.5, 0.6) is 0 Å². The summed E-state index contributed by atoms with van der Waals surface area (Å²) in [7, 11) is 0. The van der Waals surface area contributed by atoms with Crippen LogP contribution in [0.1, 0.15) is 48.3 Å². The number of rotatable bonds is 6. The molecule has 180 valence electrons. The molecule has 0 unspecified atom stereocenters. The zero-order valence-corrected chi connectivity index (χ0v) is 21.6. The van der Waals surface area contributed by atoms with Crippen molar-refractivity contribution in [1.29, 1.82) is 0 Å². The lowest BCUT2D eigenvalue weighted by atomic mass is 9.94. The van der Waals surface area contributed by atoms with Crippen LogP contribution in [0, 0.1) is 19.8 Å². The molecule has 1 aromatic carbocycles. The standard InChI is InChI=1S/C25H30ClN5O2S/c1-5-30(6-2)25(33)19-14-27-24-21(16(4)29-34-24)22(19)31-11-9-17(10-12-31)23(32)28-18-8-7-15(3)20(26)13-18/h7-8,13-14,17H,5-6,9-12H2,1-4H3,(H,28,32). The highest BCUT2D eigenvalue weighted by Crippen LogP contribution is 2.37. The van der Waals surface area contributed by atoms with Gasteiger partial charge in [0.25, 0.3) is 5.91 Å². The number of fused-ring (bicyclic) bond motifs is 1. The van der Waals surface area contributed by atoms with Gasteiger partial charge in [0.2, 0.25) is 5.91 Å². The van der Waals surface area contributed by atoms with Crippen LogP contribution in [0.15, 0.2) is 24.4 Å². The van der Waals surface area contributed by atoms with E-state index in [9.17, 15) is 9.59 Å². The van der Waals surface area contributed by atoms with Crippen molar-refractivity contribution < 1.29 is 9.59 Å². The fourth-order valence-electron chi connectivity index (χ4n) is 4.48. The normalized spacial score (nSPS) is 14.4. The number of halogens is 1. The second-order valence-corrected chi connectivity index (χ2v) is 9.82. The first-order valence-corrected chi connectivity index (χ1v) is 12.8. The number of nitrogens with zero attached hydrogens (tertiary/aromatic N) is 4. The van der Waals surface area contributed by atoms with E-state index >= 15 is 0 Å². The fourth-order valence-corrected chi connectivity index (χ4v) is 5.41. The average molecular weight is 500 g/mol. The second-order valence-electron chi connectivity index (χ2n) is 8.66. The summed E-state index contributed by atoms with van der Waals surface area (Å²) >= 11 is 7.56. The minimum Gasteiger partial charge on any atom is -0.370 e. The summed E-state index contributed by atoms with van der Waals surface area (Å²) in [5, 5.41) is 4.59. The minimum atomic E-state index is -0.0997. The monoisotopic (exact) mass is 499 g/mol. The van der Waals surface area contributed by atoms with E-state index in [1.54, 1.807) is 12.3 Å². The number of carbonyl (C=O) groups excluding carboxylic acids is 2. The van der Waals surface area contributed by atoms with Crippen molar-refractivity contribution >= 4 is 56.5 Å². The van der Waals surface area contributed by atoms with Gasteiger partial charge in [-0.15, -0.1) is 0 Å². The Hall–Kier alpha value is -2.71. The second kappa shape index (κ2) is 10.3. The van der Waals surface area contributed by atoms with Gasteiger partial charge in [-0.1, -0.05) is 17.7 Å². The van der Waals surface area contributed by atoms with E-state index in [2.05, 4.69) is 19.6 Å². The van der Waals surface area contributed by atoms with Gasteiger partial charge in [-0.3, -0.25) is 9.59 Å². The Bertz CT molecular complexity index is 1220. The number of nitrogens with one attached hydrogen (secondary N) is 1. The van der Waals surface area contributed by atoms with Crippen molar-refractivity contribution in [1.82, 2.24) is 14.3 Å². The number of hydrogen-bond acceptors (Lipinski definition) is 6. The molecular weight excluding hydrogens is 470 g/mol. The number of hydrogen-bond donors (Lipinski definition) is 1. The van der Waals surface area contributed by atoms with Crippen LogP contribution in [-0.2, 0) is 4.79 Å². The van der Waals surface area contributed by atoms with Crippen LogP contribution < -0.4 is 10.2 Å². The van der Waals surface area contributed by atoms with E-state index in [0.29, 0.717) is 55.3 Å². The molecule has 1 N–H and O–H groups in total. The third kappa shape index (κ3) is 4.74. The van der Waals surface area contributed by atoms with Crippen molar-refractivity contribution in [2.24, 2.45) is 5.92 Å². The van der Waals surface area contributed by atoms with E-state index in [1.165, 1.54) is 11.5 Å². The molecule has 1 fully saturated rings. The predicted octanol–water partition coefficient (Wildman–Crippen LogP) is 5.30. The largest absolute Gasteiger partial charge is 0.370 e. The van der Waals surface area contributed by atoms with E-state index < -0.39 is 0 Å². The van der Waals surface area contributed by atoms with Gasteiger partial charge >= 0.3 is 0 Å². The Morgan fingerprint density at radius 3 is 2.56 bits per heavy atom. The molecule has 3 aromatic rings. The summed E-state index contributed by atoms with van der Waals surface area (Å²) in [6.45, 7) is 10.5. The molecule has 0 aliphatic carbocycles. The number of carbonyl (C=O) groups is 2. The third-order valence-corrected chi connectivity index (χ3v) is 7.80. The Labute approximate surface area is 209 Å². The summed E-state index contributed by atoms with van der Waals surface area (Å²) in [5.74, 6) is -0.110. The maximum atomic E-state index is 13.3.